The van der Waals surface area contributed by atoms with E-state index in [1.807, 2.05) is 0 Å². The van der Waals surface area contributed by atoms with Gasteiger partial charge in [0.2, 0.25) is 17.6 Å². The van der Waals surface area contributed by atoms with Crippen LogP contribution >= 0.6 is 11.5 Å². The normalized spacial score (nSPS) is 11.7. The summed E-state index contributed by atoms with van der Waals surface area (Å²) < 4.78 is 3.56. The second-order valence-electron chi connectivity index (χ2n) is 2.07. The van der Waals surface area contributed by atoms with Crippen molar-refractivity contribution in [1.82, 2.24) is 9.36 Å². The van der Waals surface area contributed by atoms with Crippen LogP contribution in [0.25, 0.3) is 0 Å². The lowest BCUT2D eigenvalue weighted by Crippen LogP contribution is -2.10. The number of aromatic nitrogens is 2. The van der Waals surface area contributed by atoms with Gasteiger partial charge in [-0.3, -0.25) is 4.79 Å². The van der Waals surface area contributed by atoms with Crippen LogP contribution < -0.4 is 5.32 Å². The number of aliphatic carboxylic acids is 1. The number of anilines is 1. The highest BCUT2D eigenvalue weighted by molar-refractivity contribution is 7.09. The minimum atomic E-state index is -1.63. The average molecular weight is 216 g/mol. The number of carbonyl (C=O) groups is 2. The Kier molecular flexibility index (Phi) is 3.18. The molecule has 1 aromatic rings. The minimum absolute atomic E-state index is 0.116. The number of hydrogen-bond acceptors (Lipinski definition) is 7. The van der Waals surface area contributed by atoms with Crippen molar-refractivity contribution in [3.8, 4) is 0 Å². The third-order valence-corrected chi connectivity index (χ3v) is 1.87. The Morgan fingerprint density at radius 2 is 2.43 bits per heavy atom. The third kappa shape index (κ3) is 2.07. The van der Waals surface area contributed by atoms with Gasteiger partial charge in [0.15, 0.2) is 5.82 Å². The van der Waals surface area contributed by atoms with E-state index in [1.54, 1.807) is 0 Å². The largest absolute Gasteiger partial charge is 0.479 e. The van der Waals surface area contributed by atoms with Gasteiger partial charge in [-0.1, -0.05) is 0 Å². The zero-order valence-corrected chi connectivity index (χ0v) is 7.39. The molecule has 74 valence electrons. The molecule has 0 fully saturated rings. The van der Waals surface area contributed by atoms with Crippen molar-refractivity contribution >= 4 is 29.0 Å². The molecule has 1 atom stereocenters. The summed E-state index contributed by atoms with van der Waals surface area (Å²) in [7, 11) is 0. The predicted molar refractivity (Wildman–Crippen MR) is 45.8 cm³/mol. The van der Waals surface area contributed by atoms with Gasteiger partial charge in [0.1, 0.15) is 0 Å². The number of carbonyl (C=O) groups excluding carboxylic acids is 1. The first-order chi connectivity index (χ1) is 6.69. The zero-order chi connectivity index (χ0) is 10.6. The maximum Gasteiger partial charge on any atom is 0.340 e. The molecule has 8 nitrogen and oxygen atoms in total. The van der Waals surface area contributed by atoms with E-state index in [0.717, 1.165) is 11.5 Å². The van der Waals surface area contributed by atoms with Crippen LogP contribution in [-0.4, -0.2) is 26.8 Å². The van der Waals surface area contributed by atoms with Crippen LogP contribution in [-0.2, 0) is 9.59 Å². The maximum atomic E-state index is 10.4. The van der Waals surface area contributed by atoms with Gasteiger partial charge in [-0.25, -0.2) is 9.78 Å². The molecule has 2 N–H and O–H groups in total. The molecule has 1 unspecified atom stereocenters. The second-order valence-corrected chi connectivity index (χ2v) is 2.82. The highest BCUT2D eigenvalue weighted by atomic mass is 32.1. The number of nitrogens with one attached hydrogen (secondary N) is 1. The minimum Gasteiger partial charge on any atom is -0.479 e. The molecule has 1 amide bonds. The topological polar surface area (TPSA) is 122 Å². The van der Waals surface area contributed by atoms with E-state index < -0.39 is 12.0 Å². The lowest BCUT2D eigenvalue weighted by atomic mass is 10.3. The van der Waals surface area contributed by atoms with Crippen molar-refractivity contribution in [1.29, 1.82) is 0 Å². The zero-order valence-electron chi connectivity index (χ0n) is 6.58. The smallest absolute Gasteiger partial charge is 0.340 e. The molecule has 0 aromatic carbocycles. The van der Waals surface area contributed by atoms with E-state index in [1.165, 1.54) is 0 Å². The van der Waals surface area contributed by atoms with E-state index >= 15 is 0 Å². The molecule has 1 heterocycles. The van der Waals surface area contributed by atoms with Gasteiger partial charge in [-0.2, -0.15) is 4.37 Å². The molecule has 0 aliphatic rings. The number of nitroso groups, excluding NO2 is 1. The van der Waals surface area contributed by atoms with Gasteiger partial charge in [0, 0.05) is 11.5 Å². The Balaban J connectivity index is 2.88. The summed E-state index contributed by atoms with van der Waals surface area (Å²) in [6.07, 6.45) is 0.369. The van der Waals surface area contributed by atoms with Gasteiger partial charge >= 0.3 is 5.97 Å². The Bertz CT molecular complexity index is 364. The fraction of sp³-hybridized carbons (Fsp3) is 0.200. The first-order valence-corrected chi connectivity index (χ1v) is 4.05. The Morgan fingerprint density at radius 1 is 1.71 bits per heavy atom. The summed E-state index contributed by atoms with van der Waals surface area (Å²) in [5, 5.41) is 13.1. The monoisotopic (exact) mass is 216 g/mol. The molecule has 0 spiro atoms. The molecule has 0 aliphatic heterocycles. The van der Waals surface area contributed by atoms with Crippen molar-refractivity contribution in [2.75, 3.05) is 5.32 Å². The number of amides is 1. The molecule has 0 saturated heterocycles. The first-order valence-electron chi connectivity index (χ1n) is 3.28. The molecule has 1 rings (SSSR count). The summed E-state index contributed by atoms with van der Waals surface area (Å²) in [4.78, 5) is 34.1. The van der Waals surface area contributed by atoms with E-state index in [9.17, 15) is 14.5 Å². The quantitative estimate of drug-likeness (QED) is 0.527. The lowest BCUT2D eigenvalue weighted by Gasteiger charge is -1.95. The first kappa shape index (κ1) is 10.2. The van der Waals surface area contributed by atoms with Crippen LogP contribution in [0.4, 0.5) is 5.13 Å². The van der Waals surface area contributed by atoms with Crippen molar-refractivity contribution in [2.45, 2.75) is 6.04 Å². The summed E-state index contributed by atoms with van der Waals surface area (Å²) in [6, 6.07) is -1.63. The number of hydrogen-bond donors (Lipinski definition) is 2. The van der Waals surface area contributed by atoms with Gasteiger partial charge in [-0.15, -0.1) is 4.91 Å². The van der Waals surface area contributed by atoms with Crippen molar-refractivity contribution in [3.05, 3.63) is 10.7 Å². The molecule has 0 radical (unpaired) electrons. The second kappa shape index (κ2) is 4.37. The van der Waals surface area contributed by atoms with Gasteiger partial charge < -0.3 is 10.4 Å². The van der Waals surface area contributed by atoms with Crippen molar-refractivity contribution in [3.63, 3.8) is 0 Å². The molecule has 0 saturated carbocycles. The van der Waals surface area contributed by atoms with Crippen LogP contribution in [0.3, 0.4) is 0 Å². The summed E-state index contributed by atoms with van der Waals surface area (Å²) in [5.74, 6) is -1.67. The Morgan fingerprint density at radius 3 is 2.93 bits per heavy atom. The third-order valence-electron chi connectivity index (χ3n) is 1.21. The van der Waals surface area contributed by atoms with Crippen LogP contribution in [0.2, 0.25) is 0 Å². The Hall–Kier alpha value is -1.90. The average Bonchev–Trinajstić information content (AvgIpc) is 2.54. The van der Waals surface area contributed by atoms with Crippen molar-refractivity contribution in [2.24, 2.45) is 5.18 Å². The van der Waals surface area contributed by atoms with E-state index in [2.05, 4.69) is 19.9 Å². The highest BCUT2D eigenvalue weighted by Crippen LogP contribution is 2.18. The van der Waals surface area contributed by atoms with Crippen LogP contribution in [0.15, 0.2) is 5.18 Å². The molecule has 0 bridgehead atoms. The summed E-state index contributed by atoms with van der Waals surface area (Å²) in [6.45, 7) is 0. The van der Waals surface area contributed by atoms with Crippen LogP contribution in [0.5, 0.6) is 0 Å². The van der Waals surface area contributed by atoms with Gasteiger partial charge in [0.05, 0.1) is 0 Å². The Labute approximate surface area is 81.1 Å². The predicted octanol–water partition coefficient (Wildman–Crippen LogP) is -0.00150. The number of rotatable bonds is 5. The van der Waals surface area contributed by atoms with E-state index in [-0.39, 0.29) is 11.0 Å². The van der Waals surface area contributed by atoms with E-state index in [4.69, 9.17) is 5.11 Å². The standard InChI is InChI=1S/C5H4N4O4S/c10-1-6-5-7-3(9-14-5)2(8-13)4(11)12/h1-2H,(H,11,12)(H,6,7,9,10). The maximum absolute atomic E-state index is 10.4. The van der Waals surface area contributed by atoms with Crippen LogP contribution in [0.1, 0.15) is 11.9 Å². The summed E-state index contributed by atoms with van der Waals surface area (Å²) >= 11 is 0.770. The molecule has 9 heteroatoms. The number of nitrogens with zero attached hydrogens (tertiary/aromatic N) is 3. The lowest BCUT2D eigenvalue weighted by molar-refractivity contribution is -0.138. The van der Waals surface area contributed by atoms with E-state index in [0.29, 0.717) is 6.41 Å². The van der Waals surface area contributed by atoms with Crippen molar-refractivity contribution < 1.29 is 14.7 Å². The highest BCUT2D eigenvalue weighted by Gasteiger charge is 2.25. The fourth-order valence-corrected chi connectivity index (χ4v) is 1.21. The van der Waals surface area contributed by atoms with Gasteiger partial charge in [0.25, 0.3) is 0 Å². The summed E-state index contributed by atoms with van der Waals surface area (Å²) in [5.41, 5.74) is 0. The SMILES string of the molecule is O=CNc1nc(C(N=O)C(=O)O)ns1. The molecule has 0 aliphatic carbocycles. The van der Waals surface area contributed by atoms with Crippen LogP contribution in [0, 0.1) is 4.91 Å². The van der Waals surface area contributed by atoms with Gasteiger partial charge in [-0.05, 0) is 5.18 Å². The number of carboxylic acids is 1. The fourth-order valence-electron chi connectivity index (χ4n) is 0.658. The molecular formula is C5H4N4O4S. The molecule has 1 aromatic heterocycles. The molecular weight excluding hydrogens is 212 g/mol. The number of carboxylic acid groups (broad SMARTS) is 1. The molecule has 14 heavy (non-hydrogen) atoms.